The molecule has 5 aromatic rings. The van der Waals surface area contributed by atoms with Gasteiger partial charge in [0.25, 0.3) is 0 Å². The molecular formula is C59H68N2O9. The molecule has 0 aliphatic carbocycles. The predicted octanol–water partition coefficient (Wildman–Crippen LogP) is 10.8. The number of allylic oxidation sites excluding steroid dienone is 5. The van der Waals surface area contributed by atoms with E-state index in [4.69, 9.17) is 28.8 Å². The minimum absolute atomic E-state index is 0.0770. The number of carboxylic acids is 1. The summed E-state index contributed by atoms with van der Waals surface area (Å²) in [6.07, 6.45) is 8.97. The third kappa shape index (κ3) is 12.6. The molecule has 1 amide bonds. The number of carbonyl (C=O) groups excluding carboxylic acids is 2. The number of carbonyl (C=O) groups is 3. The zero-order valence-electron chi connectivity index (χ0n) is 41.7. The van der Waals surface area contributed by atoms with Crippen LogP contribution in [-0.2, 0) is 45.0 Å². The maximum atomic E-state index is 13.8. The summed E-state index contributed by atoms with van der Waals surface area (Å²) >= 11 is 0. The van der Waals surface area contributed by atoms with E-state index >= 15 is 0 Å². The molecule has 0 bridgehead atoms. The highest BCUT2D eigenvalue weighted by Crippen LogP contribution is 2.48. The van der Waals surface area contributed by atoms with Crippen molar-refractivity contribution < 1.29 is 43.2 Å². The number of amides is 1. The highest BCUT2D eigenvalue weighted by Gasteiger charge is 2.40. The van der Waals surface area contributed by atoms with Crippen LogP contribution in [0.3, 0.4) is 0 Å². The molecule has 1 aliphatic rings. The summed E-state index contributed by atoms with van der Waals surface area (Å²) in [6.45, 7) is 14.8. The Morgan fingerprint density at radius 3 is 1.99 bits per heavy atom. The standard InChI is InChI=1S/C59H68N2O9/c1-42-20-14-15-24-50(42)57(3,4)43(2)21-19-27-53-58(5,6)51-25-16-17-26-52(51)61(53)37-18-10-13-28-54(62)60-47(38-69-56(65)41-68-40-55(63)64)39-70-59(44-22-11-9-12-23-44,45-29-33-48(66-7)34-30-45)46-31-35-49(67-8)36-32-46/h9,11-12,14-17,19-27,29-36,47H,2,10,13,18,28,37-41H2,1,3-8H3,(H,60,62)(H,63,64)/b21-19+,53-27+. The monoisotopic (exact) mass is 948 g/mol. The molecule has 5 aromatic carbocycles. The molecule has 1 unspecified atom stereocenters. The quantitative estimate of drug-likeness (QED) is 0.0252. The normalized spacial score (nSPS) is 14.3. The van der Waals surface area contributed by atoms with E-state index in [1.807, 2.05) is 78.9 Å². The molecule has 2 N–H and O–H groups in total. The number of unbranched alkanes of at least 4 members (excludes halogenated alkanes) is 2. The highest BCUT2D eigenvalue weighted by molar-refractivity contribution is 5.76. The van der Waals surface area contributed by atoms with Gasteiger partial charge in [-0.15, -0.1) is 0 Å². The van der Waals surface area contributed by atoms with Crippen molar-refractivity contribution in [2.24, 2.45) is 0 Å². The van der Waals surface area contributed by atoms with E-state index in [2.05, 4.69) is 118 Å². The number of para-hydroxylation sites is 1. The topological polar surface area (TPSA) is 133 Å². The summed E-state index contributed by atoms with van der Waals surface area (Å²) in [5.74, 6) is -0.867. The van der Waals surface area contributed by atoms with Crippen molar-refractivity contribution in [3.8, 4) is 11.5 Å². The molecule has 11 nitrogen and oxygen atoms in total. The zero-order chi connectivity index (χ0) is 50.3. The minimum atomic E-state index is -1.21. The van der Waals surface area contributed by atoms with Gasteiger partial charge in [-0.05, 0) is 95.1 Å². The third-order valence-corrected chi connectivity index (χ3v) is 13.2. The van der Waals surface area contributed by atoms with Crippen molar-refractivity contribution in [3.05, 3.63) is 197 Å². The van der Waals surface area contributed by atoms with Crippen LogP contribution in [0.4, 0.5) is 5.69 Å². The second kappa shape index (κ2) is 24.1. The summed E-state index contributed by atoms with van der Waals surface area (Å²) in [4.78, 5) is 40.0. The summed E-state index contributed by atoms with van der Waals surface area (Å²) in [6, 6.07) is 41.2. The van der Waals surface area contributed by atoms with Crippen LogP contribution >= 0.6 is 0 Å². The van der Waals surface area contributed by atoms with E-state index < -0.39 is 36.8 Å². The average Bonchev–Trinajstić information content (AvgIpc) is 3.57. The number of hydrogen-bond acceptors (Lipinski definition) is 9. The highest BCUT2D eigenvalue weighted by atomic mass is 16.6. The molecular weight excluding hydrogens is 881 g/mol. The molecule has 368 valence electrons. The van der Waals surface area contributed by atoms with Crippen molar-refractivity contribution in [2.75, 3.05) is 52.1 Å². The molecule has 0 saturated heterocycles. The average molecular weight is 949 g/mol. The number of anilines is 1. The largest absolute Gasteiger partial charge is 0.497 e. The van der Waals surface area contributed by atoms with Crippen LogP contribution in [0.1, 0.15) is 86.8 Å². The molecule has 0 aromatic heterocycles. The number of nitrogens with zero attached hydrogens (tertiary/aromatic N) is 1. The second-order valence-electron chi connectivity index (χ2n) is 18.6. The van der Waals surface area contributed by atoms with Crippen LogP contribution in [0, 0.1) is 6.92 Å². The van der Waals surface area contributed by atoms with Gasteiger partial charge in [-0.3, -0.25) is 4.79 Å². The van der Waals surface area contributed by atoms with Crippen LogP contribution in [0.25, 0.3) is 0 Å². The van der Waals surface area contributed by atoms with Crippen molar-refractivity contribution in [1.29, 1.82) is 0 Å². The second-order valence-corrected chi connectivity index (χ2v) is 18.6. The van der Waals surface area contributed by atoms with E-state index in [1.165, 1.54) is 28.1 Å². The first-order chi connectivity index (χ1) is 33.6. The number of benzene rings is 5. The molecule has 1 aliphatic heterocycles. The van der Waals surface area contributed by atoms with Gasteiger partial charge in [-0.1, -0.05) is 150 Å². The zero-order valence-corrected chi connectivity index (χ0v) is 41.7. The molecule has 11 heteroatoms. The van der Waals surface area contributed by atoms with Crippen molar-refractivity contribution in [2.45, 2.75) is 82.8 Å². The number of hydrogen-bond donors (Lipinski definition) is 2. The third-order valence-electron chi connectivity index (χ3n) is 13.2. The van der Waals surface area contributed by atoms with Crippen molar-refractivity contribution in [3.63, 3.8) is 0 Å². The number of esters is 1. The molecule has 0 spiro atoms. The van der Waals surface area contributed by atoms with Gasteiger partial charge in [0, 0.05) is 35.2 Å². The fourth-order valence-electron chi connectivity index (χ4n) is 9.21. The molecule has 1 atom stereocenters. The lowest BCUT2D eigenvalue weighted by atomic mass is 9.76. The van der Waals surface area contributed by atoms with Gasteiger partial charge < -0.3 is 39.0 Å². The van der Waals surface area contributed by atoms with Crippen molar-refractivity contribution in [1.82, 2.24) is 5.32 Å². The summed E-state index contributed by atoms with van der Waals surface area (Å²) in [5, 5.41) is 12.1. The van der Waals surface area contributed by atoms with E-state index in [0.29, 0.717) is 17.9 Å². The Balaban J connectivity index is 1.16. The number of fused-ring (bicyclic) bond motifs is 1. The maximum absolute atomic E-state index is 13.8. The van der Waals surface area contributed by atoms with Gasteiger partial charge >= 0.3 is 11.9 Å². The Morgan fingerprint density at radius 1 is 0.757 bits per heavy atom. The number of nitrogens with one attached hydrogen (secondary N) is 1. The number of carboxylic acid groups (broad SMARTS) is 1. The van der Waals surface area contributed by atoms with Crippen LogP contribution < -0.4 is 19.7 Å². The van der Waals surface area contributed by atoms with Gasteiger partial charge in [0.2, 0.25) is 5.91 Å². The Morgan fingerprint density at radius 2 is 1.36 bits per heavy atom. The summed E-state index contributed by atoms with van der Waals surface area (Å²) in [7, 11) is 3.21. The van der Waals surface area contributed by atoms with Crippen LogP contribution in [0.2, 0.25) is 0 Å². The Hall–Kier alpha value is -6.95. The van der Waals surface area contributed by atoms with E-state index in [-0.39, 0.29) is 36.4 Å². The molecule has 0 radical (unpaired) electrons. The first kappa shape index (κ1) is 52.4. The summed E-state index contributed by atoms with van der Waals surface area (Å²) < 4.78 is 28.6. The van der Waals surface area contributed by atoms with Gasteiger partial charge in [-0.2, -0.15) is 0 Å². The van der Waals surface area contributed by atoms with Gasteiger partial charge in [-0.25, -0.2) is 9.59 Å². The maximum Gasteiger partial charge on any atom is 0.332 e. The number of rotatable bonds is 25. The van der Waals surface area contributed by atoms with Crippen LogP contribution in [-0.4, -0.2) is 76.2 Å². The molecule has 6 rings (SSSR count). The van der Waals surface area contributed by atoms with Crippen molar-refractivity contribution >= 4 is 23.5 Å². The number of aryl methyl sites for hydroxylation is 1. The van der Waals surface area contributed by atoms with Crippen LogP contribution in [0.15, 0.2) is 163 Å². The van der Waals surface area contributed by atoms with Gasteiger partial charge in [0.05, 0.1) is 26.9 Å². The Bertz CT molecular complexity index is 2570. The Labute approximate surface area is 413 Å². The number of aliphatic carboxylic acids is 1. The van der Waals surface area contributed by atoms with Gasteiger partial charge in [0.15, 0.2) is 0 Å². The predicted molar refractivity (Wildman–Crippen MR) is 275 cm³/mol. The number of methoxy groups -OCH3 is 2. The van der Waals surface area contributed by atoms with Crippen LogP contribution in [0.5, 0.6) is 11.5 Å². The van der Waals surface area contributed by atoms with E-state index in [1.54, 1.807) is 14.2 Å². The first-order valence-corrected chi connectivity index (χ1v) is 23.9. The lowest BCUT2D eigenvalue weighted by Crippen LogP contribution is -2.45. The fourth-order valence-corrected chi connectivity index (χ4v) is 9.21. The smallest absolute Gasteiger partial charge is 0.332 e. The SMILES string of the molecule is C=C(/C=C/C=C1/N(CCCCCC(=O)NC(COC(=O)COCC(=O)O)COC(c2ccccc2)(c2ccc(OC)cc2)c2ccc(OC)cc2)c2ccccc2C1(C)C)C(C)(C)c1ccccc1C. The minimum Gasteiger partial charge on any atom is -0.497 e. The molecule has 1 heterocycles. The van der Waals surface area contributed by atoms with Gasteiger partial charge in [0.1, 0.15) is 36.9 Å². The summed E-state index contributed by atoms with van der Waals surface area (Å²) in [5.41, 5.74) is 7.92. The lowest BCUT2D eigenvalue weighted by Gasteiger charge is -2.37. The first-order valence-electron chi connectivity index (χ1n) is 23.9. The fraction of sp³-hybridized carbons (Fsp3) is 0.339. The molecule has 70 heavy (non-hydrogen) atoms. The molecule has 0 saturated carbocycles. The molecule has 0 fully saturated rings. The number of ether oxygens (including phenoxy) is 5. The van der Waals surface area contributed by atoms with E-state index in [9.17, 15) is 14.4 Å². The van der Waals surface area contributed by atoms with E-state index in [0.717, 1.165) is 41.6 Å². The Kier molecular flexibility index (Phi) is 18.0. The lowest BCUT2D eigenvalue weighted by molar-refractivity contribution is -0.154.